The molecule has 3 atom stereocenters. The van der Waals surface area contributed by atoms with Crippen LogP contribution in [-0.4, -0.2) is 37.7 Å². The highest BCUT2D eigenvalue weighted by molar-refractivity contribution is 5.37. The molecule has 0 saturated carbocycles. The maximum Gasteiger partial charge on any atom is 0.124 e. The molecule has 2 heterocycles. The van der Waals surface area contributed by atoms with Gasteiger partial charge in [0.1, 0.15) is 5.75 Å². The van der Waals surface area contributed by atoms with E-state index >= 15 is 0 Å². The van der Waals surface area contributed by atoms with Gasteiger partial charge in [-0.15, -0.1) is 0 Å². The molecule has 1 aromatic rings. The van der Waals surface area contributed by atoms with Gasteiger partial charge in [0.15, 0.2) is 0 Å². The Morgan fingerprint density at radius 2 is 1.80 bits per heavy atom. The van der Waals surface area contributed by atoms with Gasteiger partial charge >= 0.3 is 0 Å². The molecule has 3 heteroatoms. The van der Waals surface area contributed by atoms with Gasteiger partial charge in [-0.25, -0.2) is 0 Å². The fraction of sp³-hybridized carbons (Fsp3) is 0.647. The monoisotopic (exact) mass is 274 g/mol. The smallest absolute Gasteiger partial charge is 0.124 e. The van der Waals surface area contributed by atoms with E-state index in [1.165, 1.54) is 18.7 Å². The predicted molar refractivity (Wildman–Crippen MR) is 82.1 cm³/mol. The first kappa shape index (κ1) is 13.9. The SMILES string of the molecule is CC1CNCC(C)CN(C2CCOc3ccccc32)C1. The highest BCUT2D eigenvalue weighted by Gasteiger charge is 2.29. The van der Waals surface area contributed by atoms with E-state index in [4.69, 9.17) is 4.74 Å². The number of ether oxygens (including phenoxy) is 1. The Morgan fingerprint density at radius 3 is 2.55 bits per heavy atom. The van der Waals surface area contributed by atoms with E-state index in [9.17, 15) is 0 Å². The van der Waals surface area contributed by atoms with Crippen molar-refractivity contribution >= 4 is 0 Å². The van der Waals surface area contributed by atoms with Crippen LogP contribution in [0.4, 0.5) is 0 Å². The number of rotatable bonds is 1. The van der Waals surface area contributed by atoms with Crippen LogP contribution in [0.1, 0.15) is 31.9 Å². The number of hydrogen-bond donors (Lipinski definition) is 1. The lowest BCUT2D eigenvalue weighted by molar-refractivity contribution is 0.0995. The van der Waals surface area contributed by atoms with Gasteiger partial charge in [-0.1, -0.05) is 32.0 Å². The predicted octanol–water partition coefficient (Wildman–Crippen LogP) is 2.69. The van der Waals surface area contributed by atoms with Crippen LogP contribution in [0.5, 0.6) is 5.75 Å². The van der Waals surface area contributed by atoms with Gasteiger partial charge in [0.05, 0.1) is 6.61 Å². The van der Waals surface area contributed by atoms with Crippen molar-refractivity contribution in [3.63, 3.8) is 0 Å². The highest BCUT2D eigenvalue weighted by Crippen LogP contribution is 2.36. The molecule has 1 fully saturated rings. The van der Waals surface area contributed by atoms with E-state index in [2.05, 4.69) is 48.3 Å². The van der Waals surface area contributed by atoms with E-state index < -0.39 is 0 Å². The van der Waals surface area contributed by atoms with Crippen molar-refractivity contribution < 1.29 is 4.74 Å². The van der Waals surface area contributed by atoms with Crippen molar-refractivity contribution in [3.8, 4) is 5.75 Å². The van der Waals surface area contributed by atoms with Gasteiger partial charge in [0.25, 0.3) is 0 Å². The second-order valence-electron chi connectivity index (χ2n) is 6.51. The van der Waals surface area contributed by atoms with Gasteiger partial charge in [0.2, 0.25) is 0 Å². The van der Waals surface area contributed by atoms with Crippen molar-refractivity contribution in [3.05, 3.63) is 29.8 Å². The second-order valence-corrected chi connectivity index (χ2v) is 6.51. The lowest BCUT2D eigenvalue weighted by Crippen LogP contribution is -2.45. The lowest BCUT2D eigenvalue weighted by Gasteiger charge is -2.40. The zero-order valence-electron chi connectivity index (χ0n) is 12.6. The summed E-state index contributed by atoms with van der Waals surface area (Å²) in [6.45, 7) is 10.2. The van der Waals surface area contributed by atoms with Gasteiger partial charge < -0.3 is 10.1 Å². The summed E-state index contributed by atoms with van der Waals surface area (Å²) in [6.07, 6.45) is 1.11. The summed E-state index contributed by atoms with van der Waals surface area (Å²) in [6, 6.07) is 9.09. The zero-order chi connectivity index (χ0) is 13.9. The molecular weight excluding hydrogens is 248 g/mol. The van der Waals surface area contributed by atoms with Crippen molar-refractivity contribution in [1.29, 1.82) is 0 Å². The van der Waals surface area contributed by atoms with Gasteiger partial charge in [0, 0.05) is 31.1 Å². The molecule has 2 aliphatic heterocycles. The maximum atomic E-state index is 5.82. The quantitative estimate of drug-likeness (QED) is 0.852. The van der Waals surface area contributed by atoms with Crippen LogP contribution < -0.4 is 10.1 Å². The van der Waals surface area contributed by atoms with Crippen LogP contribution in [0.15, 0.2) is 24.3 Å². The Morgan fingerprint density at radius 1 is 1.10 bits per heavy atom. The molecule has 0 aliphatic carbocycles. The maximum absolute atomic E-state index is 5.82. The van der Waals surface area contributed by atoms with Crippen LogP contribution in [0.25, 0.3) is 0 Å². The van der Waals surface area contributed by atoms with E-state index in [1.807, 2.05) is 0 Å². The fourth-order valence-corrected chi connectivity index (χ4v) is 3.54. The molecule has 0 spiro atoms. The molecule has 1 aromatic carbocycles. The van der Waals surface area contributed by atoms with Crippen molar-refractivity contribution in [1.82, 2.24) is 10.2 Å². The first-order valence-electron chi connectivity index (χ1n) is 7.90. The standard InChI is InChI=1S/C17H26N2O/c1-13-9-18-10-14(2)12-19(11-13)16-7-8-20-17-6-4-3-5-15(16)17/h3-6,13-14,16,18H,7-12H2,1-2H3. The van der Waals surface area contributed by atoms with Crippen LogP contribution in [0.2, 0.25) is 0 Å². The molecule has 3 unspecified atom stereocenters. The van der Waals surface area contributed by atoms with Crippen LogP contribution in [0.3, 0.4) is 0 Å². The molecule has 3 nitrogen and oxygen atoms in total. The Balaban J connectivity index is 1.83. The van der Waals surface area contributed by atoms with Crippen molar-refractivity contribution in [2.24, 2.45) is 11.8 Å². The summed E-state index contributed by atoms with van der Waals surface area (Å²) in [7, 11) is 0. The third-order valence-electron chi connectivity index (χ3n) is 4.45. The summed E-state index contributed by atoms with van der Waals surface area (Å²) >= 11 is 0. The fourth-order valence-electron chi connectivity index (χ4n) is 3.54. The van der Waals surface area contributed by atoms with E-state index in [0.29, 0.717) is 17.9 Å². The van der Waals surface area contributed by atoms with Crippen molar-refractivity contribution in [2.45, 2.75) is 26.3 Å². The van der Waals surface area contributed by atoms with Crippen LogP contribution in [-0.2, 0) is 0 Å². The largest absolute Gasteiger partial charge is 0.493 e. The summed E-state index contributed by atoms with van der Waals surface area (Å²) in [4.78, 5) is 2.69. The molecule has 0 radical (unpaired) electrons. The van der Waals surface area contributed by atoms with Gasteiger partial charge in [-0.3, -0.25) is 4.90 Å². The number of para-hydroxylation sites is 1. The number of fused-ring (bicyclic) bond motifs is 1. The second kappa shape index (κ2) is 6.15. The Labute approximate surface area is 122 Å². The third kappa shape index (κ3) is 2.99. The Bertz CT molecular complexity index is 436. The molecule has 1 saturated heterocycles. The topological polar surface area (TPSA) is 24.5 Å². The minimum Gasteiger partial charge on any atom is -0.493 e. The normalized spacial score (nSPS) is 31.8. The Kier molecular flexibility index (Phi) is 4.27. The van der Waals surface area contributed by atoms with E-state index in [-0.39, 0.29) is 0 Å². The van der Waals surface area contributed by atoms with Gasteiger partial charge in [-0.2, -0.15) is 0 Å². The molecular formula is C17H26N2O. The molecule has 20 heavy (non-hydrogen) atoms. The molecule has 3 rings (SSSR count). The lowest BCUT2D eigenvalue weighted by atomic mass is 9.95. The van der Waals surface area contributed by atoms with Crippen molar-refractivity contribution in [2.75, 3.05) is 32.8 Å². The summed E-state index contributed by atoms with van der Waals surface area (Å²) in [5.41, 5.74) is 1.38. The third-order valence-corrected chi connectivity index (χ3v) is 4.45. The minimum atomic E-state index is 0.531. The molecule has 1 N–H and O–H groups in total. The highest BCUT2D eigenvalue weighted by atomic mass is 16.5. The number of benzene rings is 1. The molecule has 2 aliphatic rings. The average molecular weight is 274 g/mol. The first-order valence-corrected chi connectivity index (χ1v) is 7.90. The number of nitrogens with zero attached hydrogens (tertiary/aromatic N) is 1. The summed E-state index contributed by atoms with van der Waals surface area (Å²) in [5.74, 6) is 2.50. The Hall–Kier alpha value is -1.06. The molecule has 0 bridgehead atoms. The van der Waals surface area contributed by atoms with Crippen LogP contribution >= 0.6 is 0 Å². The number of nitrogens with one attached hydrogen (secondary N) is 1. The van der Waals surface area contributed by atoms with Crippen LogP contribution in [0, 0.1) is 11.8 Å². The van der Waals surface area contributed by atoms with E-state index in [1.54, 1.807) is 0 Å². The summed E-state index contributed by atoms with van der Waals surface area (Å²) < 4.78 is 5.82. The van der Waals surface area contributed by atoms with E-state index in [0.717, 1.165) is 31.9 Å². The molecule has 0 amide bonds. The molecule has 110 valence electrons. The first-order chi connectivity index (χ1) is 9.74. The molecule has 0 aromatic heterocycles. The zero-order valence-corrected chi connectivity index (χ0v) is 12.6. The average Bonchev–Trinajstić information content (AvgIpc) is 2.44. The van der Waals surface area contributed by atoms with Gasteiger partial charge in [-0.05, 0) is 31.0 Å². The minimum absolute atomic E-state index is 0.531. The summed E-state index contributed by atoms with van der Waals surface area (Å²) in [5, 5.41) is 3.58. The number of hydrogen-bond acceptors (Lipinski definition) is 3.